The molecular formula is C46H44Bi2N4O8. The summed E-state index contributed by atoms with van der Waals surface area (Å²) in [4.78, 5) is 48.7. The quantitative estimate of drug-likeness (QED) is 0.0522. The normalized spacial score (nSPS) is 10.5. The monoisotopic (exact) mass is 1200 g/mol. The van der Waals surface area contributed by atoms with Crippen molar-refractivity contribution in [2.45, 2.75) is 27.7 Å². The van der Waals surface area contributed by atoms with Gasteiger partial charge in [-0.25, -0.2) is 0 Å². The van der Waals surface area contributed by atoms with Crippen LogP contribution in [0.4, 0.5) is 22.7 Å². The number of nitrogens with one attached hydrogen (secondary N) is 4. The van der Waals surface area contributed by atoms with E-state index in [9.17, 15) is 19.2 Å². The Labute approximate surface area is 367 Å². The zero-order chi connectivity index (χ0) is 43.3. The molecule has 5 aromatic carbocycles. The van der Waals surface area contributed by atoms with Crippen molar-refractivity contribution < 1.29 is 30.4 Å². The van der Waals surface area contributed by atoms with Crippen LogP contribution in [0.5, 0.6) is 23.0 Å². The van der Waals surface area contributed by atoms with Gasteiger partial charge in [-0.2, -0.15) is 0 Å². The molecule has 14 heteroatoms. The third-order valence-electron chi connectivity index (χ3n) is 8.02. The molecule has 0 aliphatic carbocycles. The third kappa shape index (κ3) is 13.5. The summed E-state index contributed by atoms with van der Waals surface area (Å²) in [6.45, 7) is 21.3. The zero-order valence-corrected chi connectivity index (χ0v) is 40.5. The molecule has 5 rings (SSSR count). The Balaban J connectivity index is 1.42. The summed E-state index contributed by atoms with van der Waals surface area (Å²) < 4.78 is 28.1. The molecule has 0 aliphatic heterocycles. The molecule has 60 heavy (non-hydrogen) atoms. The first-order valence-electron chi connectivity index (χ1n) is 18.3. The molecule has 0 saturated carbocycles. The number of amides is 4. The third-order valence-corrected chi connectivity index (χ3v) is 19.5. The van der Waals surface area contributed by atoms with Gasteiger partial charge in [0.1, 0.15) is 0 Å². The topological polar surface area (TPSA) is 153 Å². The summed E-state index contributed by atoms with van der Waals surface area (Å²) in [5.41, 5.74) is 3.93. The van der Waals surface area contributed by atoms with Gasteiger partial charge in [-0.15, -0.1) is 0 Å². The van der Waals surface area contributed by atoms with Crippen molar-refractivity contribution in [3.8, 4) is 23.0 Å². The van der Waals surface area contributed by atoms with E-state index >= 15 is 0 Å². The molecule has 0 aromatic heterocycles. The second-order valence-corrected chi connectivity index (χ2v) is 24.3. The van der Waals surface area contributed by atoms with Crippen molar-refractivity contribution in [3.05, 3.63) is 170 Å². The van der Waals surface area contributed by atoms with Crippen LogP contribution >= 0.6 is 0 Å². The number of hydrogen-bond donors (Lipinski definition) is 4. The summed E-state index contributed by atoms with van der Waals surface area (Å²) in [7, 11) is 0. The number of hydrogen-bond acceptors (Lipinski definition) is 8. The minimum atomic E-state index is -3.59. The Morgan fingerprint density at radius 3 is 0.700 bits per heavy atom. The zero-order valence-electron chi connectivity index (χ0n) is 33.5. The van der Waals surface area contributed by atoms with Crippen LogP contribution in [0.3, 0.4) is 0 Å². The molecule has 4 amide bonds. The van der Waals surface area contributed by atoms with Crippen molar-refractivity contribution in [2.24, 2.45) is 0 Å². The summed E-state index contributed by atoms with van der Waals surface area (Å²) in [6, 6.07) is 35.9. The fraction of sp³-hybridized carbons (Fsp3) is 0.0870. The van der Waals surface area contributed by atoms with Gasteiger partial charge in [-0.05, 0) is 0 Å². The first-order chi connectivity index (χ1) is 28.6. The van der Waals surface area contributed by atoms with Crippen LogP contribution in [0.15, 0.2) is 170 Å². The van der Waals surface area contributed by atoms with E-state index in [-0.39, 0.29) is 23.6 Å². The fourth-order valence-corrected chi connectivity index (χ4v) is 14.5. The molecule has 0 heterocycles. The SMILES string of the molecule is C=C(C)C(=O)Nc1ccc([O][Bi]([O]c2ccc(NC(=O)C(=C)C)cc2)[c]2cc[c]([Bi]([O]c3ccc(NC(=O)C(=C)C)cc3)[O]c3ccc(NC(=O)C(=C)C)cc3)cc2)cc1. The first-order valence-corrected chi connectivity index (χ1v) is 27.5. The van der Waals surface area contributed by atoms with Crippen LogP contribution < -0.4 is 39.1 Å². The molecule has 0 radical (unpaired) electrons. The standard InChI is InChI=1S/4C10H11NO2.C6H4.2Bi/c4*1-7(2)10(13)11-8-3-5-9(12)6-4-8;1-2-4-6-5-3-1;;/h4*3-6,12H,1H2,2H3,(H,11,13);1-2,5-6H;;/q;;;;;2*+2/p-4. The van der Waals surface area contributed by atoms with Gasteiger partial charge < -0.3 is 0 Å². The van der Waals surface area contributed by atoms with E-state index in [1.54, 1.807) is 125 Å². The Morgan fingerprint density at radius 2 is 0.533 bits per heavy atom. The Bertz CT molecular complexity index is 2080. The van der Waals surface area contributed by atoms with Crippen LogP contribution in [-0.2, 0) is 19.2 Å². The molecule has 0 spiro atoms. The maximum atomic E-state index is 12.2. The van der Waals surface area contributed by atoms with Crippen molar-refractivity contribution in [2.75, 3.05) is 21.3 Å². The molecule has 0 atom stereocenters. The number of benzene rings is 5. The number of carbonyl (C=O) groups excluding carboxylic acids is 4. The first kappa shape index (κ1) is 45.0. The van der Waals surface area contributed by atoms with Crippen molar-refractivity contribution in [3.63, 3.8) is 0 Å². The molecular weight excluding hydrogens is 1150 g/mol. The van der Waals surface area contributed by atoms with Crippen molar-refractivity contribution >= 4 is 98.2 Å². The second-order valence-electron chi connectivity index (χ2n) is 13.4. The van der Waals surface area contributed by atoms with Crippen LogP contribution in [-0.4, -0.2) is 68.9 Å². The molecule has 0 saturated heterocycles. The Morgan fingerprint density at radius 1 is 0.350 bits per heavy atom. The Kier molecular flexibility index (Phi) is 15.9. The molecule has 0 fully saturated rings. The van der Waals surface area contributed by atoms with Gasteiger partial charge in [0.15, 0.2) is 0 Å². The van der Waals surface area contributed by atoms with Gasteiger partial charge >= 0.3 is 371 Å². The van der Waals surface area contributed by atoms with Gasteiger partial charge in [-0.3, -0.25) is 0 Å². The number of anilines is 4. The second kappa shape index (κ2) is 21.2. The van der Waals surface area contributed by atoms with Crippen molar-refractivity contribution in [1.29, 1.82) is 0 Å². The minimum absolute atomic E-state index is 0.281. The Hall–Kier alpha value is -6.09. The van der Waals surface area contributed by atoms with Gasteiger partial charge in [0.2, 0.25) is 0 Å². The summed E-state index contributed by atoms with van der Waals surface area (Å²) in [5.74, 6) is 1.11. The molecule has 0 unspecified atom stereocenters. The summed E-state index contributed by atoms with van der Waals surface area (Å²) in [6.07, 6.45) is 0. The van der Waals surface area contributed by atoms with Crippen LogP contribution in [0.2, 0.25) is 0 Å². The van der Waals surface area contributed by atoms with Gasteiger partial charge in [0.25, 0.3) is 0 Å². The van der Waals surface area contributed by atoms with Gasteiger partial charge in [0, 0.05) is 0 Å². The maximum absolute atomic E-state index is 12.2. The van der Waals surface area contributed by atoms with E-state index < -0.39 is 45.3 Å². The summed E-state index contributed by atoms with van der Waals surface area (Å²) in [5, 5.41) is 11.2. The molecule has 5 aromatic rings. The average molecular weight is 1200 g/mol. The number of rotatable bonds is 18. The van der Waals surface area contributed by atoms with Crippen LogP contribution in [0, 0.1) is 0 Å². The molecule has 4 N–H and O–H groups in total. The van der Waals surface area contributed by atoms with E-state index in [0.717, 1.165) is 6.54 Å². The average Bonchev–Trinajstić information content (AvgIpc) is 3.23. The van der Waals surface area contributed by atoms with Crippen LogP contribution in [0.1, 0.15) is 27.7 Å². The van der Waals surface area contributed by atoms with E-state index in [0.29, 0.717) is 68.0 Å². The fourth-order valence-electron chi connectivity index (χ4n) is 4.67. The molecule has 0 aliphatic rings. The van der Waals surface area contributed by atoms with E-state index in [4.69, 9.17) is 11.3 Å². The van der Waals surface area contributed by atoms with Gasteiger partial charge in [0.05, 0.1) is 0 Å². The predicted octanol–water partition coefficient (Wildman–Crippen LogP) is 7.45. The van der Waals surface area contributed by atoms with E-state index in [2.05, 4.69) is 47.6 Å². The number of carbonyl (C=O) groups is 4. The van der Waals surface area contributed by atoms with Crippen LogP contribution in [0.25, 0.3) is 0 Å². The van der Waals surface area contributed by atoms with Gasteiger partial charge in [-0.1, -0.05) is 0 Å². The molecule has 0 bridgehead atoms. The molecule has 306 valence electrons. The van der Waals surface area contributed by atoms with Crippen molar-refractivity contribution in [1.82, 2.24) is 0 Å². The van der Waals surface area contributed by atoms with E-state index in [1.165, 1.54) is 0 Å². The summed E-state index contributed by atoms with van der Waals surface area (Å²) >= 11 is -7.19. The molecule has 12 nitrogen and oxygen atoms in total. The van der Waals surface area contributed by atoms with E-state index in [1.807, 2.05) is 24.3 Å². The predicted molar refractivity (Wildman–Crippen MR) is 239 cm³/mol.